The van der Waals surface area contributed by atoms with E-state index in [9.17, 15) is 0 Å². The number of benzene rings is 6. The van der Waals surface area contributed by atoms with Crippen molar-refractivity contribution in [3.8, 4) is 33.4 Å². The predicted octanol–water partition coefficient (Wildman–Crippen LogP) is 15.8. The number of hydrogen-bond donors (Lipinski definition) is 0. The molecule has 3 atom stereocenters. The number of fused-ring (bicyclic) bond motifs is 8. The van der Waals surface area contributed by atoms with Gasteiger partial charge in [-0.15, -0.1) is 0 Å². The quantitative estimate of drug-likeness (QED) is 0.136. The second kappa shape index (κ2) is 14.8. The maximum absolute atomic E-state index is 2.64. The first kappa shape index (κ1) is 36.9. The largest absolute Gasteiger partial charge is 0.333 e. The Morgan fingerprint density at radius 2 is 1.37 bits per heavy atom. The van der Waals surface area contributed by atoms with Crippen LogP contribution in [0.4, 0.5) is 0 Å². The van der Waals surface area contributed by atoms with E-state index in [0.717, 1.165) is 38.5 Å². The summed E-state index contributed by atoms with van der Waals surface area (Å²) in [5.41, 5.74) is 20.3. The van der Waals surface area contributed by atoms with Crippen LogP contribution in [0, 0.1) is 5.92 Å². The van der Waals surface area contributed by atoms with Crippen LogP contribution in [0.25, 0.3) is 67.3 Å². The Kier molecular flexibility index (Phi) is 9.11. The van der Waals surface area contributed by atoms with Crippen LogP contribution in [0.15, 0.2) is 164 Å². The highest BCUT2D eigenvalue weighted by atomic mass is 15.0. The molecule has 0 spiro atoms. The zero-order valence-corrected chi connectivity index (χ0v) is 35.2. The lowest BCUT2D eigenvalue weighted by atomic mass is 9.79. The van der Waals surface area contributed by atoms with Crippen LogP contribution in [0.1, 0.15) is 97.4 Å². The number of hydrogen-bond acceptors (Lipinski definition) is 0. The van der Waals surface area contributed by atoms with Gasteiger partial charge in [-0.3, -0.25) is 0 Å². The van der Waals surface area contributed by atoms with Gasteiger partial charge in [0.15, 0.2) is 0 Å². The maximum Gasteiger partial charge on any atom is 0.0588 e. The molecule has 4 aliphatic carbocycles. The Morgan fingerprint density at radius 1 is 0.667 bits per heavy atom. The third-order valence-electron chi connectivity index (χ3n) is 14.2. The van der Waals surface area contributed by atoms with E-state index in [1.165, 1.54) is 94.1 Å². The van der Waals surface area contributed by atoms with E-state index in [1.807, 2.05) is 0 Å². The molecule has 1 heterocycles. The van der Waals surface area contributed by atoms with Crippen LogP contribution >= 0.6 is 0 Å². The number of rotatable bonds is 8. The summed E-state index contributed by atoms with van der Waals surface area (Å²) in [6.07, 6.45) is 29.7. The monoisotopic (exact) mass is 775 g/mol. The van der Waals surface area contributed by atoms with Crippen LogP contribution < -0.4 is 0 Å². The molecule has 0 aliphatic heterocycles. The van der Waals surface area contributed by atoms with E-state index in [2.05, 4.69) is 201 Å². The molecule has 1 aromatic heterocycles. The summed E-state index contributed by atoms with van der Waals surface area (Å²) in [6.45, 7) is 7.10. The molecule has 4 aliphatic rings. The fraction of sp³-hybridized carbons (Fsp3) is 0.220. The molecule has 60 heavy (non-hydrogen) atoms. The summed E-state index contributed by atoms with van der Waals surface area (Å²) < 4.78 is 2.64. The first-order valence-corrected chi connectivity index (χ1v) is 22.4. The highest BCUT2D eigenvalue weighted by molar-refractivity contribution is 6.11. The highest BCUT2D eigenvalue weighted by Gasteiger charge is 2.36. The molecule has 294 valence electrons. The average Bonchev–Trinajstić information content (AvgIpc) is 3.73. The van der Waals surface area contributed by atoms with Crippen molar-refractivity contribution in [2.24, 2.45) is 5.92 Å². The Labute approximate surface area is 355 Å². The normalized spacial score (nSPS) is 18.9. The Bertz CT molecular complexity index is 2990. The van der Waals surface area contributed by atoms with Crippen LogP contribution in [0.5, 0.6) is 0 Å². The second-order valence-electron chi connectivity index (χ2n) is 18.2. The third-order valence-corrected chi connectivity index (χ3v) is 14.2. The van der Waals surface area contributed by atoms with Gasteiger partial charge < -0.3 is 4.57 Å². The maximum atomic E-state index is 2.64. The molecule has 0 bridgehead atoms. The van der Waals surface area contributed by atoms with E-state index in [0.29, 0.717) is 11.8 Å². The van der Waals surface area contributed by atoms with Gasteiger partial charge in [-0.25, -0.2) is 0 Å². The summed E-state index contributed by atoms with van der Waals surface area (Å²) in [4.78, 5) is 0. The Balaban J connectivity index is 1.00. The number of aryl methyl sites for hydroxylation is 1. The number of nitrogens with zero attached hydrogens (tertiary/aromatic N) is 1. The number of aromatic nitrogens is 1. The van der Waals surface area contributed by atoms with Gasteiger partial charge in [0.1, 0.15) is 0 Å². The molecule has 11 rings (SSSR count). The van der Waals surface area contributed by atoms with Crippen molar-refractivity contribution < 1.29 is 0 Å². The number of allylic oxidation sites excluding steroid dienone is 8. The van der Waals surface area contributed by atoms with E-state index in [-0.39, 0.29) is 11.5 Å². The molecular formula is C59H53N. The molecule has 0 radical (unpaired) electrons. The van der Waals surface area contributed by atoms with Gasteiger partial charge in [0.25, 0.3) is 0 Å². The van der Waals surface area contributed by atoms with Gasteiger partial charge in [0.2, 0.25) is 0 Å². The molecular weight excluding hydrogens is 723 g/mol. The van der Waals surface area contributed by atoms with Gasteiger partial charge in [-0.1, -0.05) is 160 Å². The third kappa shape index (κ3) is 6.21. The first-order chi connectivity index (χ1) is 29.4. The zero-order chi connectivity index (χ0) is 40.4. The zero-order valence-electron chi connectivity index (χ0n) is 35.2. The molecule has 6 aromatic carbocycles. The van der Waals surface area contributed by atoms with E-state index < -0.39 is 0 Å². The van der Waals surface area contributed by atoms with Crippen LogP contribution in [-0.2, 0) is 18.3 Å². The molecule has 0 amide bonds. The Morgan fingerprint density at radius 3 is 2.15 bits per heavy atom. The molecule has 7 aromatic rings. The van der Waals surface area contributed by atoms with Crippen LogP contribution in [-0.4, -0.2) is 4.57 Å². The van der Waals surface area contributed by atoms with Crippen molar-refractivity contribution in [2.45, 2.75) is 76.7 Å². The molecule has 1 unspecified atom stereocenters. The lowest BCUT2D eigenvalue weighted by Gasteiger charge is -2.26. The van der Waals surface area contributed by atoms with Crippen molar-refractivity contribution in [3.63, 3.8) is 0 Å². The van der Waals surface area contributed by atoms with Gasteiger partial charge in [0, 0.05) is 33.1 Å². The molecule has 0 fully saturated rings. The van der Waals surface area contributed by atoms with Crippen molar-refractivity contribution in [3.05, 3.63) is 203 Å². The Hall–Kier alpha value is -6.18. The highest BCUT2D eigenvalue weighted by Crippen LogP contribution is 2.51. The average molecular weight is 776 g/mol. The van der Waals surface area contributed by atoms with E-state index in [1.54, 1.807) is 0 Å². The summed E-state index contributed by atoms with van der Waals surface area (Å²) in [5.74, 6) is 0.906. The molecule has 0 saturated carbocycles. The van der Waals surface area contributed by atoms with Crippen LogP contribution in [0.3, 0.4) is 0 Å². The molecule has 0 saturated heterocycles. The first-order valence-electron chi connectivity index (χ1n) is 22.4. The summed E-state index contributed by atoms with van der Waals surface area (Å²) in [5, 5.41) is 2.64. The van der Waals surface area contributed by atoms with Crippen molar-refractivity contribution in [1.29, 1.82) is 0 Å². The summed E-state index contributed by atoms with van der Waals surface area (Å²) in [7, 11) is 0. The molecule has 1 nitrogen and oxygen atoms in total. The fourth-order valence-corrected chi connectivity index (χ4v) is 11.0. The van der Waals surface area contributed by atoms with Crippen molar-refractivity contribution in [2.75, 3.05) is 0 Å². The topological polar surface area (TPSA) is 4.93 Å². The van der Waals surface area contributed by atoms with E-state index >= 15 is 0 Å². The molecule has 1 heteroatoms. The standard InChI is InChI=1S/C59H53N/c1-4-5-22-56(42-16-7-6-8-17-42)60-57-31-27-45(44-25-24-40-14-9-10-18-43(40)35-44)36-52(57)53-37-46(28-32-58(53)60)47-26-30-51-50-29-23-39(34-54(50)59(2,3)55(51)38-47)33-48-20-13-19-41-15-11-12-21-49(41)48/h5-8,10-13,15-16,18-19,21-32,34-38,42,48,56H,4,9,14,17,20,33H2,1-3H3/b22-5-/t42?,48-,56-/m0/s1. The van der Waals surface area contributed by atoms with Gasteiger partial charge in [-0.05, 0) is 153 Å². The predicted molar refractivity (Wildman–Crippen MR) is 257 cm³/mol. The van der Waals surface area contributed by atoms with Crippen LogP contribution in [0.2, 0.25) is 0 Å². The van der Waals surface area contributed by atoms with Crippen molar-refractivity contribution in [1.82, 2.24) is 4.57 Å². The SMILES string of the molecule is CC/C=C\[C@@H](C1C=CC=CC1)n1c2ccc(-c3ccc4c(c3)C=CCC4)cc2c2cc(-c3ccc4c(c3)C(C)(C)c3cc(C[C@@H]5CC=Cc6ccccc65)ccc3-4)ccc21. The van der Waals surface area contributed by atoms with Gasteiger partial charge in [-0.2, -0.15) is 0 Å². The lowest BCUT2D eigenvalue weighted by Crippen LogP contribution is -2.16. The minimum Gasteiger partial charge on any atom is -0.333 e. The lowest BCUT2D eigenvalue weighted by molar-refractivity contribution is 0.479. The van der Waals surface area contributed by atoms with Gasteiger partial charge >= 0.3 is 0 Å². The van der Waals surface area contributed by atoms with Crippen molar-refractivity contribution >= 4 is 34.0 Å². The minimum atomic E-state index is -0.0963. The minimum absolute atomic E-state index is 0.0963. The smallest absolute Gasteiger partial charge is 0.0588 e. The van der Waals surface area contributed by atoms with E-state index in [4.69, 9.17) is 0 Å². The van der Waals surface area contributed by atoms with Gasteiger partial charge in [0.05, 0.1) is 6.04 Å². The summed E-state index contributed by atoms with van der Waals surface area (Å²) in [6, 6.07) is 45.2. The summed E-state index contributed by atoms with van der Waals surface area (Å²) >= 11 is 0. The molecule has 0 N–H and O–H groups in total. The second-order valence-corrected chi connectivity index (χ2v) is 18.2. The fourth-order valence-electron chi connectivity index (χ4n) is 11.0.